The number of likely N-dealkylation sites (tertiary alicyclic amines) is 1. The normalized spacial score (nSPS) is 15.8. The van der Waals surface area contributed by atoms with Crippen molar-refractivity contribution in [2.24, 2.45) is 0 Å². The standard InChI is InChI=1S/C24H34N2O5S/c1-4-5-12-29-13-8-6-7-11-25-21-10-9-20(16-19(21)2)31-15-14-30-18-26-23(27)17-22(32-3)24(26)28/h1,9-10,16,22,25H,5-8,11-15,17-18H2,2-3H3. The lowest BCUT2D eigenvalue weighted by Crippen LogP contribution is -2.34. The zero-order valence-corrected chi connectivity index (χ0v) is 19.9. The number of unbranched alkanes of at least 4 members (excludes halogenated alkanes) is 2. The summed E-state index contributed by atoms with van der Waals surface area (Å²) in [4.78, 5) is 25.1. The Labute approximate surface area is 195 Å². The third-order valence-electron chi connectivity index (χ3n) is 5.07. The molecule has 7 nitrogen and oxygen atoms in total. The van der Waals surface area contributed by atoms with E-state index in [1.807, 2.05) is 31.4 Å². The third kappa shape index (κ3) is 8.73. The summed E-state index contributed by atoms with van der Waals surface area (Å²) in [5, 5.41) is 3.18. The van der Waals surface area contributed by atoms with Gasteiger partial charge in [0, 0.05) is 31.7 Å². The maximum atomic E-state index is 12.0. The molecule has 32 heavy (non-hydrogen) atoms. The molecule has 0 aromatic heterocycles. The second-order valence-corrected chi connectivity index (χ2v) is 8.55. The first-order valence-corrected chi connectivity index (χ1v) is 12.3. The first-order chi connectivity index (χ1) is 15.6. The van der Waals surface area contributed by atoms with E-state index >= 15 is 0 Å². The number of carbonyl (C=O) groups excluding carboxylic acids is 2. The van der Waals surface area contributed by atoms with Crippen LogP contribution in [-0.4, -0.2) is 67.9 Å². The van der Waals surface area contributed by atoms with E-state index in [1.165, 1.54) is 16.7 Å². The van der Waals surface area contributed by atoms with Crippen molar-refractivity contribution in [1.29, 1.82) is 0 Å². The van der Waals surface area contributed by atoms with E-state index in [1.54, 1.807) is 0 Å². The van der Waals surface area contributed by atoms with Gasteiger partial charge in [-0.2, -0.15) is 11.8 Å². The number of ether oxygens (including phenoxy) is 3. The number of rotatable bonds is 16. The Kier molecular flexibility index (Phi) is 12.0. The Morgan fingerprint density at radius 2 is 2.00 bits per heavy atom. The second-order valence-electron chi connectivity index (χ2n) is 7.50. The number of nitrogens with zero attached hydrogens (tertiary/aromatic N) is 1. The number of carbonyl (C=O) groups is 2. The quantitative estimate of drug-likeness (QED) is 0.229. The largest absolute Gasteiger partial charge is 0.491 e. The van der Waals surface area contributed by atoms with Crippen LogP contribution in [0.2, 0.25) is 0 Å². The molecule has 1 aliphatic rings. The number of hydrogen-bond donors (Lipinski definition) is 1. The molecule has 8 heteroatoms. The van der Waals surface area contributed by atoms with Crippen LogP contribution >= 0.6 is 11.8 Å². The number of anilines is 1. The van der Waals surface area contributed by atoms with E-state index in [2.05, 4.69) is 11.2 Å². The number of nitrogens with one attached hydrogen (secondary N) is 1. The molecule has 2 rings (SSSR count). The molecule has 0 bridgehead atoms. The summed E-state index contributed by atoms with van der Waals surface area (Å²) in [5.41, 5.74) is 2.20. The van der Waals surface area contributed by atoms with E-state index in [-0.39, 0.29) is 30.2 Å². The van der Waals surface area contributed by atoms with Crippen molar-refractivity contribution in [3.8, 4) is 18.1 Å². The molecular weight excluding hydrogens is 428 g/mol. The van der Waals surface area contributed by atoms with Gasteiger partial charge in [0.25, 0.3) is 0 Å². The van der Waals surface area contributed by atoms with E-state index < -0.39 is 0 Å². The molecular formula is C24H34N2O5S. The lowest BCUT2D eigenvalue weighted by molar-refractivity contribution is -0.144. The monoisotopic (exact) mass is 462 g/mol. The summed E-state index contributed by atoms with van der Waals surface area (Å²) in [6.07, 6.45) is 11.2. The van der Waals surface area contributed by atoms with Crippen LogP contribution in [0.3, 0.4) is 0 Å². The fourth-order valence-corrected chi connectivity index (χ4v) is 3.87. The van der Waals surface area contributed by atoms with E-state index in [0.29, 0.717) is 26.2 Å². The zero-order chi connectivity index (χ0) is 23.2. The second kappa shape index (κ2) is 14.8. The minimum absolute atomic E-state index is 0.0169. The molecule has 0 aliphatic carbocycles. The molecule has 1 atom stereocenters. The van der Waals surface area contributed by atoms with Gasteiger partial charge in [-0.05, 0) is 56.2 Å². The predicted octanol–water partition coefficient (Wildman–Crippen LogP) is 3.46. The lowest BCUT2D eigenvalue weighted by Gasteiger charge is -2.15. The van der Waals surface area contributed by atoms with Gasteiger partial charge in [-0.25, -0.2) is 0 Å². The average molecular weight is 463 g/mol. The number of aryl methyl sites for hydroxylation is 1. The fourth-order valence-electron chi connectivity index (χ4n) is 3.23. The summed E-state index contributed by atoms with van der Waals surface area (Å²) >= 11 is 1.39. The number of amides is 2. The van der Waals surface area contributed by atoms with Crippen molar-refractivity contribution >= 4 is 29.3 Å². The van der Waals surface area contributed by atoms with E-state index in [9.17, 15) is 9.59 Å². The van der Waals surface area contributed by atoms with Crippen molar-refractivity contribution in [2.45, 2.75) is 44.3 Å². The van der Waals surface area contributed by atoms with E-state index in [4.69, 9.17) is 20.6 Å². The minimum Gasteiger partial charge on any atom is -0.491 e. The van der Waals surface area contributed by atoms with Crippen LogP contribution in [0.5, 0.6) is 5.75 Å². The van der Waals surface area contributed by atoms with Crippen LogP contribution in [0.4, 0.5) is 5.69 Å². The number of imide groups is 1. The van der Waals surface area contributed by atoms with Crippen LogP contribution in [0.1, 0.15) is 37.7 Å². The molecule has 1 fully saturated rings. The van der Waals surface area contributed by atoms with Gasteiger partial charge in [0.15, 0.2) is 0 Å². The van der Waals surface area contributed by atoms with Gasteiger partial charge >= 0.3 is 0 Å². The van der Waals surface area contributed by atoms with Gasteiger partial charge in [0.1, 0.15) is 19.1 Å². The van der Waals surface area contributed by atoms with Gasteiger partial charge in [-0.3, -0.25) is 14.5 Å². The Balaban J connectivity index is 1.57. The highest BCUT2D eigenvalue weighted by atomic mass is 32.2. The van der Waals surface area contributed by atoms with Crippen LogP contribution in [-0.2, 0) is 19.1 Å². The third-order valence-corrected chi connectivity index (χ3v) is 6.01. The van der Waals surface area contributed by atoms with Gasteiger partial charge < -0.3 is 19.5 Å². The molecule has 0 saturated carbocycles. The molecule has 1 heterocycles. The molecule has 1 aromatic carbocycles. The highest BCUT2D eigenvalue weighted by Crippen LogP contribution is 2.23. The van der Waals surface area contributed by atoms with Crippen molar-refractivity contribution in [3.05, 3.63) is 23.8 Å². The number of benzene rings is 1. The molecule has 1 unspecified atom stereocenters. The average Bonchev–Trinajstić information content (AvgIpc) is 3.06. The van der Waals surface area contributed by atoms with Gasteiger partial charge in [0.2, 0.25) is 11.8 Å². The smallest absolute Gasteiger partial charge is 0.244 e. The highest BCUT2D eigenvalue weighted by Gasteiger charge is 2.37. The Hall–Kier alpha value is -2.21. The summed E-state index contributed by atoms with van der Waals surface area (Å²) in [6, 6.07) is 5.92. The van der Waals surface area contributed by atoms with Crippen molar-refractivity contribution in [2.75, 3.05) is 51.3 Å². The zero-order valence-electron chi connectivity index (χ0n) is 19.1. The number of terminal acetylenes is 1. The molecule has 1 saturated heterocycles. The molecule has 0 spiro atoms. The number of thioether (sulfide) groups is 1. The first kappa shape index (κ1) is 26.0. The molecule has 0 radical (unpaired) electrons. The predicted molar refractivity (Wildman–Crippen MR) is 128 cm³/mol. The van der Waals surface area contributed by atoms with Crippen LogP contribution in [0.25, 0.3) is 0 Å². The van der Waals surface area contributed by atoms with Gasteiger partial charge in [0.05, 0.1) is 18.5 Å². The van der Waals surface area contributed by atoms with E-state index in [0.717, 1.165) is 49.4 Å². The highest BCUT2D eigenvalue weighted by molar-refractivity contribution is 8.00. The topological polar surface area (TPSA) is 77.1 Å². The maximum Gasteiger partial charge on any atom is 0.244 e. The van der Waals surface area contributed by atoms with Crippen molar-refractivity contribution in [1.82, 2.24) is 4.90 Å². The summed E-state index contributed by atoms with van der Waals surface area (Å²) < 4.78 is 16.6. The molecule has 2 amide bonds. The van der Waals surface area contributed by atoms with Crippen molar-refractivity contribution < 1.29 is 23.8 Å². The fraction of sp³-hybridized carbons (Fsp3) is 0.583. The minimum atomic E-state index is -0.282. The maximum absolute atomic E-state index is 12.0. The Morgan fingerprint density at radius 1 is 1.16 bits per heavy atom. The summed E-state index contributed by atoms with van der Waals surface area (Å²) in [6.45, 7) is 4.98. The Morgan fingerprint density at radius 3 is 2.72 bits per heavy atom. The van der Waals surface area contributed by atoms with Crippen LogP contribution < -0.4 is 10.1 Å². The Bertz CT molecular complexity index is 780. The SMILES string of the molecule is C#CCCOCCCCCNc1ccc(OCCOCN2C(=O)CC(SC)C2=O)cc1C. The molecule has 1 aliphatic heterocycles. The molecule has 1 aromatic rings. The van der Waals surface area contributed by atoms with Gasteiger partial charge in [-0.1, -0.05) is 0 Å². The molecule has 1 N–H and O–H groups in total. The van der Waals surface area contributed by atoms with Gasteiger partial charge in [-0.15, -0.1) is 12.3 Å². The van der Waals surface area contributed by atoms with Crippen LogP contribution in [0, 0.1) is 19.3 Å². The van der Waals surface area contributed by atoms with Crippen LogP contribution in [0.15, 0.2) is 18.2 Å². The number of hydrogen-bond acceptors (Lipinski definition) is 7. The summed E-state index contributed by atoms with van der Waals surface area (Å²) in [5.74, 6) is 2.98. The molecule has 176 valence electrons. The summed E-state index contributed by atoms with van der Waals surface area (Å²) in [7, 11) is 0. The van der Waals surface area contributed by atoms with Crippen molar-refractivity contribution in [3.63, 3.8) is 0 Å². The lowest BCUT2D eigenvalue weighted by atomic mass is 10.2. The first-order valence-electron chi connectivity index (χ1n) is 11.0.